The quantitative estimate of drug-likeness (QED) is 0.183. The van der Waals surface area contributed by atoms with Crippen LogP contribution in [-0.2, 0) is 29.2 Å². The van der Waals surface area contributed by atoms with Gasteiger partial charge in [-0.2, -0.15) is 6.07 Å². The van der Waals surface area contributed by atoms with Crippen LogP contribution in [0, 0.1) is 11.9 Å². The van der Waals surface area contributed by atoms with Gasteiger partial charge in [0.15, 0.2) is 6.29 Å². The standard InChI is InChI=1S/C22H20FN4O4.C2H6.Na/c1-11(24)25-7-15-13-4-3-12(23)5-18(13)26-21-16(15)8-27-19(21)6-14(20(29)9-28)17(10-31-2)22(27)30;1-2;/h4-6,9,20,25,29H,1,7-8,10,24H2,2H3;1-2H3;/q-1;;+1. The van der Waals surface area contributed by atoms with E-state index in [4.69, 9.17) is 10.5 Å². The zero-order chi connectivity index (χ0) is 24.3. The SMILES string of the molecule is C=C(N)NCc1c2c(nc3cc(F)[c-]cc13)-c1cc(C(O)C=O)c(COC)c(=O)n1C2.CC.[Na+]. The Bertz CT molecular complexity index is 1290. The summed E-state index contributed by atoms with van der Waals surface area (Å²) in [7, 11) is 1.42. The average molecular weight is 476 g/mol. The van der Waals surface area contributed by atoms with E-state index in [1.807, 2.05) is 13.8 Å². The minimum atomic E-state index is -1.48. The van der Waals surface area contributed by atoms with Gasteiger partial charge in [0.2, 0.25) is 0 Å². The Hall–Kier alpha value is -2.56. The number of benzene rings is 1. The van der Waals surface area contributed by atoms with E-state index in [2.05, 4.69) is 22.9 Å². The molecule has 1 aliphatic heterocycles. The van der Waals surface area contributed by atoms with Crippen molar-refractivity contribution in [1.82, 2.24) is 14.9 Å². The molecule has 34 heavy (non-hydrogen) atoms. The molecule has 174 valence electrons. The minimum Gasteiger partial charge on any atom is -0.386 e. The molecule has 0 amide bonds. The number of pyridine rings is 2. The molecule has 4 N–H and O–H groups in total. The van der Waals surface area contributed by atoms with Gasteiger partial charge in [-0.05, 0) is 17.1 Å². The van der Waals surface area contributed by atoms with E-state index in [0.717, 1.165) is 11.1 Å². The van der Waals surface area contributed by atoms with E-state index in [0.29, 0.717) is 28.6 Å². The monoisotopic (exact) mass is 476 g/mol. The zero-order valence-corrected chi connectivity index (χ0v) is 21.7. The van der Waals surface area contributed by atoms with Gasteiger partial charge in [-0.1, -0.05) is 26.0 Å². The second kappa shape index (κ2) is 11.7. The summed E-state index contributed by atoms with van der Waals surface area (Å²) in [6.07, 6.45) is -1.13. The molecule has 3 heterocycles. The number of rotatable bonds is 7. The summed E-state index contributed by atoms with van der Waals surface area (Å²) in [4.78, 5) is 29.0. The molecule has 1 aromatic carbocycles. The molecule has 2 aromatic heterocycles. The number of aromatic nitrogens is 2. The van der Waals surface area contributed by atoms with Crippen molar-refractivity contribution in [3.8, 4) is 11.4 Å². The van der Waals surface area contributed by atoms with Crippen molar-refractivity contribution >= 4 is 17.2 Å². The third-order valence-electron chi connectivity index (χ3n) is 5.32. The Balaban J connectivity index is 0.00000133. The molecule has 0 radical (unpaired) electrons. The fourth-order valence-electron chi connectivity index (χ4n) is 3.91. The van der Waals surface area contributed by atoms with Crippen LogP contribution in [0.2, 0.25) is 0 Å². The summed E-state index contributed by atoms with van der Waals surface area (Å²) in [6.45, 7) is 8.07. The van der Waals surface area contributed by atoms with E-state index in [1.54, 1.807) is 6.07 Å². The number of carbonyl (C=O) groups is 1. The largest absolute Gasteiger partial charge is 1.00 e. The predicted molar refractivity (Wildman–Crippen MR) is 123 cm³/mol. The Labute approximate surface area is 218 Å². The van der Waals surface area contributed by atoms with E-state index in [9.17, 15) is 19.1 Å². The van der Waals surface area contributed by atoms with Gasteiger partial charge < -0.3 is 30.3 Å². The van der Waals surface area contributed by atoms with Crippen LogP contribution in [0.4, 0.5) is 4.39 Å². The number of halogens is 1. The van der Waals surface area contributed by atoms with Crippen LogP contribution in [0.25, 0.3) is 22.3 Å². The third kappa shape index (κ3) is 5.08. The molecule has 0 aliphatic carbocycles. The summed E-state index contributed by atoms with van der Waals surface area (Å²) in [6, 6.07) is 6.87. The van der Waals surface area contributed by atoms with Gasteiger partial charge in [-0.25, -0.2) is 4.39 Å². The molecule has 0 spiro atoms. The summed E-state index contributed by atoms with van der Waals surface area (Å²) in [5.74, 6) is -0.304. The number of carbonyl (C=O) groups excluding carboxylic acids is 1. The molecule has 10 heteroatoms. The number of nitrogens with two attached hydrogens (primary N) is 1. The fraction of sp³-hybridized carbons (Fsp3) is 0.292. The van der Waals surface area contributed by atoms with Gasteiger partial charge >= 0.3 is 29.6 Å². The maximum atomic E-state index is 13.9. The van der Waals surface area contributed by atoms with Gasteiger partial charge in [-0.3, -0.25) is 9.78 Å². The summed E-state index contributed by atoms with van der Waals surface area (Å²) in [5, 5.41) is 13.8. The van der Waals surface area contributed by atoms with Crippen molar-refractivity contribution in [3.05, 3.63) is 75.1 Å². The minimum absolute atomic E-state index is 0. The molecule has 0 saturated heterocycles. The summed E-state index contributed by atoms with van der Waals surface area (Å²) < 4.78 is 20.5. The average Bonchev–Trinajstić information content (AvgIpc) is 3.17. The first-order chi connectivity index (χ1) is 15.8. The van der Waals surface area contributed by atoms with Crippen LogP contribution < -0.4 is 46.2 Å². The number of aldehydes is 1. The molecule has 4 rings (SSSR count). The van der Waals surface area contributed by atoms with Gasteiger partial charge in [0.25, 0.3) is 5.56 Å². The predicted octanol–water partition coefficient (Wildman–Crippen LogP) is -0.707. The first kappa shape index (κ1) is 27.7. The first-order valence-corrected chi connectivity index (χ1v) is 10.5. The number of hydrogen-bond acceptors (Lipinski definition) is 7. The molecule has 0 bridgehead atoms. The molecule has 3 aromatic rings. The normalized spacial score (nSPS) is 12.0. The molecule has 1 unspecified atom stereocenters. The topological polar surface area (TPSA) is 119 Å². The Kier molecular flexibility index (Phi) is 9.54. The summed E-state index contributed by atoms with van der Waals surface area (Å²) >= 11 is 0. The van der Waals surface area contributed by atoms with Crippen molar-refractivity contribution in [3.63, 3.8) is 0 Å². The zero-order valence-electron chi connectivity index (χ0n) is 19.7. The van der Waals surface area contributed by atoms with E-state index in [1.165, 1.54) is 23.8 Å². The molecular formula is C24H26FN4NaO4. The Morgan fingerprint density at radius 3 is 2.76 bits per heavy atom. The molecule has 0 fully saturated rings. The molecule has 8 nitrogen and oxygen atoms in total. The van der Waals surface area contributed by atoms with Crippen molar-refractivity contribution < 1.29 is 48.6 Å². The maximum absolute atomic E-state index is 13.9. The van der Waals surface area contributed by atoms with Crippen LogP contribution >= 0.6 is 0 Å². The van der Waals surface area contributed by atoms with E-state index >= 15 is 0 Å². The van der Waals surface area contributed by atoms with Crippen molar-refractivity contribution in [2.45, 2.75) is 39.6 Å². The van der Waals surface area contributed by atoms with Crippen molar-refractivity contribution in [2.75, 3.05) is 7.11 Å². The van der Waals surface area contributed by atoms with Crippen molar-refractivity contribution in [2.24, 2.45) is 5.73 Å². The summed E-state index contributed by atoms with van der Waals surface area (Å²) in [5.41, 5.74) is 8.43. The molecule has 1 atom stereocenters. The third-order valence-corrected chi connectivity index (χ3v) is 5.32. The van der Waals surface area contributed by atoms with Gasteiger partial charge in [0, 0.05) is 30.6 Å². The molecule has 0 saturated carbocycles. The molecular weight excluding hydrogens is 450 g/mol. The van der Waals surface area contributed by atoms with Gasteiger partial charge in [-0.15, -0.1) is 17.5 Å². The van der Waals surface area contributed by atoms with Crippen LogP contribution in [0.1, 0.15) is 42.2 Å². The van der Waals surface area contributed by atoms with Crippen LogP contribution in [0.15, 0.2) is 35.4 Å². The van der Waals surface area contributed by atoms with Crippen LogP contribution in [-0.4, -0.2) is 28.1 Å². The van der Waals surface area contributed by atoms with E-state index < -0.39 is 17.5 Å². The number of aliphatic hydroxyl groups is 1. The smallest absolute Gasteiger partial charge is 0.386 e. The Morgan fingerprint density at radius 2 is 2.15 bits per heavy atom. The molecule has 1 aliphatic rings. The first-order valence-electron chi connectivity index (χ1n) is 10.5. The van der Waals surface area contributed by atoms with Crippen molar-refractivity contribution in [1.29, 1.82) is 0 Å². The number of hydrogen-bond donors (Lipinski definition) is 3. The Morgan fingerprint density at radius 1 is 1.44 bits per heavy atom. The van der Waals surface area contributed by atoms with Gasteiger partial charge in [0.05, 0.1) is 30.4 Å². The number of methoxy groups -OCH3 is 1. The number of nitrogens with one attached hydrogen (secondary N) is 1. The second-order valence-electron chi connectivity index (χ2n) is 7.24. The maximum Gasteiger partial charge on any atom is 1.00 e. The fourth-order valence-corrected chi connectivity index (χ4v) is 3.91. The van der Waals surface area contributed by atoms with Crippen LogP contribution in [0.5, 0.6) is 0 Å². The van der Waals surface area contributed by atoms with Crippen LogP contribution in [0.3, 0.4) is 0 Å². The second-order valence-corrected chi connectivity index (χ2v) is 7.24. The van der Waals surface area contributed by atoms with Gasteiger partial charge in [0.1, 0.15) is 6.10 Å². The number of fused-ring (bicyclic) bond motifs is 4. The number of nitrogens with zero attached hydrogens (tertiary/aromatic N) is 2. The van der Waals surface area contributed by atoms with E-state index in [-0.39, 0.29) is 66.2 Å². The number of aliphatic hydroxyl groups excluding tert-OH is 1. The number of ether oxygens (including phenoxy) is 1.